The Kier molecular flexibility index (Phi) is 5.55. The molecule has 0 saturated carbocycles. The normalized spacial score (nSPS) is 11.2. The van der Waals surface area contributed by atoms with E-state index in [1.165, 1.54) is 14.0 Å². The number of hydrogen-bond donors (Lipinski definition) is 1. The van der Waals surface area contributed by atoms with Crippen LogP contribution in [0, 0.1) is 0 Å². The second-order valence-corrected chi connectivity index (χ2v) is 5.44. The lowest BCUT2D eigenvalue weighted by Gasteiger charge is -2.17. The molecule has 0 unspecified atom stereocenters. The summed E-state index contributed by atoms with van der Waals surface area (Å²) < 4.78 is 36.3. The Bertz CT molecular complexity index is 485. The Hall–Kier alpha value is -1.57. The summed E-state index contributed by atoms with van der Waals surface area (Å²) in [7, 11) is 1.33. The predicted molar refractivity (Wildman–Crippen MR) is 69.5 cm³/mol. The summed E-state index contributed by atoms with van der Waals surface area (Å²) in [4.78, 5) is 24.8. The molecule has 0 saturated heterocycles. The van der Waals surface area contributed by atoms with Gasteiger partial charge in [-0.1, -0.05) is 0 Å². The van der Waals surface area contributed by atoms with Crippen LogP contribution in [0.3, 0.4) is 0 Å². The van der Waals surface area contributed by atoms with E-state index in [0.29, 0.717) is 11.4 Å². The van der Waals surface area contributed by atoms with Crippen molar-refractivity contribution in [2.75, 3.05) is 13.6 Å². The SMILES string of the molecule is CC(=O)NCc1ccc(C(=O)N(C)CCC(F)(F)F)s1. The molecule has 8 heteroatoms. The van der Waals surface area contributed by atoms with Crippen LogP contribution in [0.4, 0.5) is 13.2 Å². The van der Waals surface area contributed by atoms with Crippen molar-refractivity contribution in [3.05, 3.63) is 21.9 Å². The average molecular weight is 308 g/mol. The molecule has 1 aromatic heterocycles. The maximum absolute atomic E-state index is 12.1. The summed E-state index contributed by atoms with van der Waals surface area (Å²) in [6.07, 6.45) is -5.31. The first-order chi connectivity index (χ1) is 9.19. The van der Waals surface area contributed by atoms with Crippen molar-refractivity contribution in [3.63, 3.8) is 0 Å². The first-order valence-electron chi connectivity index (χ1n) is 5.84. The lowest BCUT2D eigenvalue weighted by Crippen LogP contribution is -2.30. The van der Waals surface area contributed by atoms with Crippen molar-refractivity contribution in [3.8, 4) is 0 Å². The van der Waals surface area contributed by atoms with E-state index in [0.717, 1.165) is 21.1 Å². The summed E-state index contributed by atoms with van der Waals surface area (Å²) in [6.45, 7) is 1.31. The van der Waals surface area contributed by atoms with Gasteiger partial charge in [0.25, 0.3) is 5.91 Å². The third kappa shape index (κ3) is 5.60. The van der Waals surface area contributed by atoms with Crippen molar-refractivity contribution in [1.29, 1.82) is 0 Å². The second-order valence-electron chi connectivity index (χ2n) is 4.27. The van der Waals surface area contributed by atoms with Crippen LogP contribution in [0.1, 0.15) is 27.9 Å². The van der Waals surface area contributed by atoms with Crippen molar-refractivity contribution >= 4 is 23.2 Å². The van der Waals surface area contributed by atoms with E-state index in [2.05, 4.69) is 5.32 Å². The molecule has 0 aromatic carbocycles. The highest BCUT2D eigenvalue weighted by Gasteiger charge is 2.28. The van der Waals surface area contributed by atoms with Gasteiger partial charge in [0, 0.05) is 25.4 Å². The highest BCUT2D eigenvalue weighted by atomic mass is 32.1. The number of alkyl halides is 3. The first kappa shape index (κ1) is 16.5. The van der Waals surface area contributed by atoms with Crippen molar-refractivity contribution < 1.29 is 22.8 Å². The van der Waals surface area contributed by atoms with Crippen LogP contribution in [0.2, 0.25) is 0 Å². The van der Waals surface area contributed by atoms with Crippen molar-refractivity contribution in [1.82, 2.24) is 10.2 Å². The van der Waals surface area contributed by atoms with Gasteiger partial charge in [0.05, 0.1) is 17.8 Å². The van der Waals surface area contributed by atoms with Gasteiger partial charge < -0.3 is 10.2 Å². The highest BCUT2D eigenvalue weighted by Crippen LogP contribution is 2.21. The first-order valence-corrected chi connectivity index (χ1v) is 6.66. The molecule has 1 N–H and O–H groups in total. The summed E-state index contributed by atoms with van der Waals surface area (Å²) in [5.74, 6) is -0.637. The number of carbonyl (C=O) groups is 2. The van der Waals surface area contributed by atoms with Gasteiger partial charge in [0.15, 0.2) is 0 Å². The molecule has 1 rings (SSSR count). The van der Waals surface area contributed by atoms with Crippen LogP contribution in [-0.4, -0.2) is 36.5 Å². The topological polar surface area (TPSA) is 49.4 Å². The Morgan fingerprint density at radius 3 is 2.55 bits per heavy atom. The maximum atomic E-state index is 12.1. The molecule has 20 heavy (non-hydrogen) atoms. The van der Waals surface area contributed by atoms with Gasteiger partial charge >= 0.3 is 6.18 Å². The number of nitrogens with one attached hydrogen (secondary N) is 1. The van der Waals surface area contributed by atoms with E-state index >= 15 is 0 Å². The number of rotatable bonds is 5. The van der Waals surface area contributed by atoms with Gasteiger partial charge in [-0.2, -0.15) is 13.2 Å². The zero-order chi connectivity index (χ0) is 15.3. The molecule has 2 amide bonds. The molecular weight excluding hydrogens is 293 g/mol. The Balaban J connectivity index is 2.56. The van der Waals surface area contributed by atoms with E-state index in [-0.39, 0.29) is 12.5 Å². The summed E-state index contributed by atoms with van der Waals surface area (Å²) >= 11 is 1.16. The fourth-order valence-electron chi connectivity index (χ4n) is 1.38. The average Bonchev–Trinajstić information content (AvgIpc) is 2.80. The van der Waals surface area contributed by atoms with Crippen LogP contribution < -0.4 is 5.32 Å². The van der Waals surface area contributed by atoms with Gasteiger partial charge in [-0.05, 0) is 12.1 Å². The third-order valence-electron chi connectivity index (χ3n) is 2.46. The third-order valence-corrected chi connectivity index (χ3v) is 3.53. The maximum Gasteiger partial charge on any atom is 0.390 e. The van der Waals surface area contributed by atoms with E-state index < -0.39 is 18.5 Å². The Labute approximate surface area is 118 Å². The fraction of sp³-hybridized carbons (Fsp3) is 0.500. The van der Waals surface area contributed by atoms with Gasteiger partial charge in [-0.25, -0.2) is 0 Å². The lowest BCUT2D eigenvalue weighted by atomic mass is 10.3. The smallest absolute Gasteiger partial charge is 0.351 e. The molecule has 1 aromatic rings. The zero-order valence-corrected chi connectivity index (χ0v) is 11.9. The molecule has 0 aliphatic heterocycles. The summed E-state index contributed by atoms with van der Waals surface area (Å²) in [5, 5.41) is 2.59. The number of hydrogen-bond acceptors (Lipinski definition) is 3. The summed E-state index contributed by atoms with van der Waals surface area (Å²) in [5.41, 5.74) is 0. The number of halogens is 3. The molecule has 0 spiro atoms. The monoisotopic (exact) mass is 308 g/mol. The molecule has 4 nitrogen and oxygen atoms in total. The van der Waals surface area contributed by atoms with Crippen LogP contribution in [0.5, 0.6) is 0 Å². The minimum absolute atomic E-state index is 0.187. The molecule has 1 heterocycles. The van der Waals surface area contributed by atoms with Gasteiger partial charge in [0.2, 0.25) is 5.91 Å². The minimum Gasteiger partial charge on any atom is -0.351 e. The van der Waals surface area contributed by atoms with Gasteiger partial charge in [0.1, 0.15) is 0 Å². The van der Waals surface area contributed by atoms with Crippen LogP contribution in [0.25, 0.3) is 0 Å². The zero-order valence-electron chi connectivity index (χ0n) is 11.1. The van der Waals surface area contributed by atoms with Gasteiger partial charge in [-0.15, -0.1) is 11.3 Å². The van der Waals surface area contributed by atoms with E-state index in [9.17, 15) is 22.8 Å². The number of amides is 2. The van der Waals surface area contributed by atoms with Crippen LogP contribution in [0.15, 0.2) is 12.1 Å². The molecule has 0 radical (unpaired) electrons. The van der Waals surface area contributed by atoms with Gasteiger partial charge in [-0.3, -0.25) is 9.59 Å². The number of thiophene rings is 1. The standard InChI is InChI=1S/C12H15F3N2O2S/c1-8(18)16-7-9-3-4-10(20-9)11(19)17(2)6-5-12(13,14)15/h3-4H,5-7H2,1-2H3,(H,16,18). The van der Waals surface area contributed by atoms with Crippen LogP contribution in [-0.2, 0) is 11.3 Å². The number of carbonyl (C=O) groups excluding carboxylic acids is 2. The quantitative estimate of drug-likeness (QED) is 0.908. The largest absolute Gasteiger partial charge is 0.390 e. The predicted octanol–water partition coefficient (Wildman–Crippen LogP) is 2.41. The molecule has 0 bridgehead atoms. The van der Waals surface area contributed by atoms with E-state index in [4.69, 9.17) is 0 Å². The van der Waals surface area contributed by atoms with Crippen molar-refractivity contribution in [2.45, 2.75) is 26.1 Å². The second kappa shape index (κ2) is 6.74. The van der Waals surface area contributed by atoms with Crippen LogP contribution >= 0.6 is 11.3 Å². The summed E-state index contributed by atoms with van der Waals surface area (Å²) in [6, 6.07) is 3.22. The number of nitrogens with zero attached hydrogens (tertiary/aromatic N) is 1. The highest BCUT2D eigenvalue weighted by molar-refractivity contribution is 7.14. The van der Waals surface area contributed by atoms with E-state index in [1.807, 2.05) is 0 Å². The molecule has 0 aliphatic rings. The molecule has 0 aliphatic carbocycles. The van der Waals surface area contributed by atoms with E-state index in [1.54, 1.807) is 12.1 Å². The molecule has 0 fully saturated rings. The fourth-order valence-corrected chi connectivity index (χ4v) is 2.33. The molecule has 112 valence electrons. The van der Waals surface area contributed by atoms with Crippen molar-refractivity contribution in [2.24, 2.45) is 0 Å². The Morgan fingerprint density at radius 2 is 2.00 bits per heavy atom. The lowest BCUT2D eigenvalue weighted by molar-refractivity contribution is -0.136. The Morgan fingerprint density at radius 1 is 1.35 bits per heavy atom. The molecule has 0 atom stereocenters. The minimum atomic E-state index is -4.28. The molecular formula is C12H15F3N2O2S.